The van der Waals surface area contributed by atoms with Crippen LogP contribution in [0.5, 0.6) is 0 Å². The van der Waals surface area contributed by atoms with Crippen molar-refractivity contribution in [3.63, 3.8) is 0 Å². The molecule has 3 aliphatic rings. The van der Waals surface area contributed by atoms with Gasteiger partial charge >= 0.3 is 5.97 Å². The van der Waals surface area contributed by atoms with Gasteiger partial charge in [0.05, 0.1) is 0 Å². The number of aliphatic carboxylic acids is 1. The highest BCUT2D eigenvalue weighted by molar-refractivity contribution is 5.67. The second-order valence-electron chi connectivity index (χ2n) is 6.66. The predicted molar refractivity (Wildman–Crippen MR) is 85.2 cm³/mol. The van der Waals surface area contributed by atoms with Gasteiger partial charge in [-0.25, -0.2) is 0 Å². The molecule has 0 aromatic rings. The summed E-state index contributed by atoms with van der Waals surface area (Å²) in [6.45, 7) is 0. The maximum absolute atomic E-state index is 10.8. The van der Waals surface area contributed by atoms with Crippen LogP contribution in [0.3, 0.4) is 0 Å². The van der Waals surface area contributed by atoms with Crippen molar-refractivity contribution in [1.82, 2.24) is 5.32 Å². The van der Waals surface area contributed by atoms with E-state index in [4.69, 9.17) is 5.11 Å². The molecular formula is C18H25NO3. The number of allylic oxidation sites excluding steroid dienone is 5. The average Bonchev–Trinajstić information content (AvgIpc) is 2.82. The normalized spacial score (nSPS) is 34.0. The third-order valence-corrected chi connectivity index (χ3v) is 5.30. The molecule has 2 aliphatic carbocycles. The van der Waals surface area contributed by atoms with Gasteiger partial charge in [-0.15, -0.1) is 0 Å². The molecule has 1 heterocycles. The summed E-state index contributed by atoms with van der Waals surface area (Å²) in [6, 6.07) is 0.389. The Labute approximate surface area is 131 Å². The number of fused-ring (bicyclic) bond motifs is 1. The first-order chi connectivity index (χ1) is 10.6. The number of carboxylic acids is 1. The highest BCUT2D eigenvalue weighted by atomic mass is 16.4. The molecule has 4 unspecified atom stereocenters. The zero-order chi connectivity index (χ0) is 15.5. The van der Waals surface area contributed by atoms with Crippen LogP contribution in [0.15, 0.2) is 35.5 Å². The van der Waals surface area contributed by atoms with Gasteiger partial charge in [0.1, 0.15) is 6.23 Å². The molecule has 4 nitrogen and oxygen atoms in total. The van der Waals surface area contributed by atoms with Gasteiger partial charge in [-0.1, -0.05) is 29.9 Å². The zero-order valence-corrected chi connectivity index (χ0v) is 12.9. The Morgan fingerprint density at radius 2 is 2.09 bits per heavy atom. The van der Waals surface area contributed by atoms with E-state index >= 15 is 0 Å². The number of hydrogen-bond donors (Lipinski definition) is 3. The lowest BCUT2D eigenvalue weighted by Crippen LogP contribution is -2.31. The Morgan fingerprint density at radius 3 is 2.91 bits per heavy atom. The molecule has 1 fully saturated rings. The molecule has 3 rings (SSSR count). The maximum atomic E-state index is 10.8. The van der Waals surface area contributed by atoms with Gasteiger partial charge in [-0.3, -0.25) is 10.1 Å². The molecule has 0 saturated carbocycles. The van der Waals surface area contributed by atoms with E-state index < -0.39 is 12.2 Å². The highest BCUT2D eigenvalue weighted by Crippen LogP contribution is 2.39. The zero-order valence-electron chi connectivity index (χ0n) is 12.9. The largest absolute Gasteiger partial charge is 0.481 e. The summed E-state index contributed by atoms with van der Waals surface area (Å²) in [4.78, 5) is 10.8. The van der Waals surface area contributed by atoms with Gasteiger partial charge < -0.3 is 10.2 Å². The first kappa shape index (κ1) is 15.5. The van der Waals surface area contributed by atoms with Crippen LogP contribution in [-0.4, -0.2) is 28.5 Å². The van der Waals surface area contributed by atoms with Crippen molar-refractivity contribution in [3.05, 3.63) is 35.5 Å². The van der Waals surface area contributed by atoms with E-state index in [1.807, 2.05) is 0 Å². The Bertz CT molecular complexity index is 520. The van der Waals surface area contributed by atoms with Crippen LogP contribution in [-0.2, 0) is 4.79 Å². The van der Waals surface area contributed by atoms with Crippen molar-refractivity contribution in [2.75, 3.05) is 0 Å². The fourth-order valence-corrected chi connectivity index (χ4v) is 4.11. The summed E-state index contributed by atoms with van der Waals surface area (Å²) < 4.78 is 0. The number of carbonyl (C=O) groups is 1. The first-order valence-electron chi connectivity index (χ1n) is 8.33. The second-order valence-corrected chi connectivity index (χ2v) is 6.66. The maximum Gasteiger partial charge on any atom is 0.303 e. The Balaban J connectivity index is 1.73. The number of aliphatic hydroxyl groups excluding tert-OH is 1. The van der Waals surface area contributed by atoms with Crippen molar-refractivity contribution in [2.45, 2.75) is 57.2 Å². The fraction of sp³-hybridized carbons (Fsp3) is 0.611. The Hall–Kier alpha value is -1.39. The molecule has 4 heteroatoms. The SMILES string of the molecule is O=C(O)CCC1=C(CC2C(O)NC3CC=CCC32)C=CCC1. The van der Waals surface area contributed by atoms with E-state index in [-0.39, 0.29) is 12.3 Å². The highest BCUT2D eigenvalue weighted by Gasteiger charge is 2.41. The summed E-state index contributed by atoms with van der Waals surface area (Å²) in [6.07, 6.45) is 14.0. The van der Waals surface area contributed by atoms with E-state index in [0.29, 0.717) is 18.4 Å². The third kappa shape index (κ3) is 3.33. The smallest absolute Gasteiger partial charge is 0.303 e. The first-order valence-corrected chi connectivity index (χ1v) is 8.33. The number of nitrogens with one attached hydrogen (secondary N) is 1. The third-order valence-electron chi connectivity index (χ3n) is 5.30. The minimum atomic E-state index is -0.735. The number of hydrogen-bond acceptors (Lipinski definition) is 3. The molecule has 1 saturated heterocycles. The van der Waals surface area contributed by atoms with Crippen molar-refractivity contribution < 1.29 is 15.0 Å². The molecule has 120 valence electrons. The van der Waals surface area contributed by atoms with E-state index in [0.717, 1.165) is 32.1 Å². The Morgan fingerprint density at radius 1 is 1.27 bits per heavy atom. The van der Waals surface area contributed by atoms with E-state index in [1.165, 1.54) is 11.1 Å². The molecular weight excluding hydrogens is 278 g/mol. The molecule has 0 spiro atoms. The summed E-state index contributed by atoms with van der Waals surface area (Å²) in [7, 11) is 0. The molecule has 1 aliphatic heterocycles. The van der Waals surface area contributed by atoms with Crippen LogP contribution in [0, 0.1) is 11.8 Å². The molecule has 4 atom stereocenters. The monoisotopic (exact) mass is 303 g/mol. The van der Waals surface area contributed by atoms with Crippen molar-refractivity contribution in [2.24, 2.45) is 11.8 Å². The molecule has 0 bridgehead atoms. The molecule has 0 aromatic heterocycles. The van der Waals surface area contributed by atoms with Gasteiger partial charge in [-0.05, 0) is 50.0 Å². The molecule has 0 radical (unpaired) electrons. The van der Waals surface area contributed by atoms with Crippen molar-refractivity contribution in [3.8, 4) is 0 Å². The van der Waals surface area contributed by atoms with Crippen LogP contribution in [0.25, 0.3) is 0 Å². The summed E-state index contributed by atoms with van der Waals surface area (Å²) in [5.41, 5.74) is 2.53. The minimum Gasteiger partial charge on any atom is -0.481 e. The van der Waals surface area contributed by atoms with E-state index in [2.05, 4.69) is 29.6 Å². The number of aliphatic hydroxyl groups is 1. The minimum absolute atomic E-state index is 0.201. The van der Waals surface area contributed by atoms with Crippen LogP contribution in [0.4, 0.5) is 0 Å². The van der Waals surface area contributed by atoms with Gasteiger partial charge in [0.25, 0.3) is 0 Å². The average molecular weight is 303 g/mol. The van der Waals surface area contributed by atoms with Gasteiger partial charge in [0.2, 0.25) is 0 Å². The van der Waals surface area contributed by atoms with Crippen LogP contribution in [0.2, 0.25) is 0 Å². The van der Waals surface area contributed by atoms with Gasteiger partial charge in [-0.2, -0.15) is 0 Å². The topological polar surface area (TPSA) is 69.6 Å². The van der Waals surface area contributed by atoms with Crippen molar-refractivity contribution >= 4 is 5.97 Å². The van der Waals surface area contributed by atoms with Crippen LogP contribution < -0.4 is 5.32 Å². The Kier molecular flexibility index (Phi) is 4.79. The molecule has 3 N–H and O–H groups in total. The van der Waals surface area contributed by atoms with Gasteiger partial charge in [0, 0.05) is 18.4 Å². The molecule has 0 aromatic carbocycles. The van der Waals surface area contributed by atoms with Gasteiger partial charge in [0.15, 0.2) is 0 Å². The predicted octanol–water partition coefficient (Wildman–Crippen LogP) is 2.76. The summed E-state index contributed by atoms with van der Waals surface area (Å²) in [5.74, 6) is -0.0162. The van der Waals surface area contributed by atoms with E-state index in [9.17, 15) is 9.90 Å². The van der Waals surface area contributed by atoms with Crippen LogP contribution in [0.1, 0.15) is 44.9 Å². The quantitative estimate of drug-likeness (QED) is 0.683. The molecule has 0 amide bonds. The standard InChI is InChI=1S/C18H25NO3/c20-17(21)10-9-12-5-1-2-6-13(12)11-15-14-7-3-4-8-16(14)19-18(15)22/h2-4,6,14-16,18-19,22H,1,5,7-11H2,(H,20,21). The van der Waals surface area contributed by atoms with E-state index in [1.54, 1.807) is 0 Å². The van der Waals surface area contributed by atoms with Crippen LogP contribution >= 0.6 is 0 Å². The second kappa shape index (κ2) is 6.80. The summed E-state index contributed by atoms with van der Waals surface area (Å²) >= 11 is 0. The lowest BCUT2D eigenvalue weighted by Gasteiger charge is -2.27. The fourth-order valence-electron chi connectivity index (χ4n) is 4.11. The number of carboxylic acid groups (broad SMARTS) is 1. The molecule has 22 heavy (non-hydrogen) atoms. The van der Waals surface area contributed by atoms with Crippen molar-refractivity contribution in [1.29, 1.82) is 0 Å². The number of rotatable bonds is 5. The lowest BCUT2D eigenvalue weighted by molar-refractivity contribution is -0.136. The lowest BCUT2D eigenvalue weighted by atomic mass is 9.78. The summed E-state index contributed by atoms with van der Waals surface area (Å²) in [5, 5.41) is 22.6.